The van der Waals surface area contributed by atoms with E-state index in [1.807, 2.05) is 43.3 Å². The monoisotopic (exact) mass is 229 g/mol. The van der Waals surface area contributed by atoms with E-state index in [1.54, 1.807) is 6.08 Å². The van der Waals surface area contributed by atoms with Crippen LogP contribution in [-0.2, 0) is 6.54 Å². The summed E-state index contributed by atoms with van der Waals surface area (Å²) in [5.74, 6) is 0. The van der Waals surface area contributed by atoms with Gasteiger partial charge in [-0.15, -0.1) is 0 Å². The summed E-state index contributed by atoms with van der Waals surface area (Å²) in [6.07, 6.45) is 5.42. The molecule has 1 aromatic rings. The van der Waals surface area contributed by atoms with Gasteiger partial charge in [0.1, 0.15) is 0 Å². The Morgan fingerprint density at radius 3 is 2.82 bits per heavy atom. The molecule has 0 aliphatic heterocycles. The highest BCUT2D eigenvalue weighted by atomic mass is 14.9. The van der Waals surface area contributed by atoms with Crippen molar-refractivity contribution in [3.63, 3.8) is 0 Å². The fourth-order valence-corrected chi connectivity index (χ4v) is 1.35. The molecule has 3 nitrogen and oxygen atoms in total. The molecule has 0 fully saturated rings. The van der Waals surface area contributed by atoms with Crippen molar-refractivity contribution < 1.29 is 0 Å². The fraction of sp³-hybridized carbons (Fsp3) is 0.143. The minimum Gasteiger partial charge on any atom is -0.399 e. The lowest BCUT2D eigenvalue weighted by Crippen LogP contribution is -2.12. The highest BCUT2D eigenvalue weighted by molar-refractivity contribution is 5.40. The van der Waals surface area contributed by atoms with E-state index in [0.717, 1.165) is 16.9 Å². The van der Waals surface area contributed by atoms with Crippen LogP contribution in [0.25, 0.3) is 0 Å². The first kappa shape index (κ1) is 12.9. The topological polar surface area (TPSA) is 64.1 Å². The van der Waals surface area contributed by atoms with Crippen LogP contribution in [0.1, 0.15) is 12.5 Å². The molecule has 0 aliphatic carbocycles. The normalized spacial score (nSPS) is 12.3. The summed E-state index contributed by atoms with van der Waals surface area (Å²) in [7, 11) is 0. The molecule has 17 heavy (non-hydrogen) atoms. The second-order valence-corrected chi connectivity index (χ2v) is 3.69. The number of anilines is 1. The molecule has 3 heteroatoms. The van der Waals surface area contributed by atoms with Gasteiger partial charge in [0.15, 0.2) is 0 Å². The largest absolute Gasteiger partial charge is 0.399 e. The summed E-state index contributed by atoms with van der Waals surface area (Å²) in [5, 5.41) is 3.24. The molecule has 0 saturated carbocycles. The smallest absolute Gasteiger partial charge is 0.0401 e. The predicted molar refractivity (Wildman–Crippen MR) is 73.9 cm³/mol. The van der Waals surface area contributed by atoms with Crippen molar-refractivity contribution in [2.75, 3.05) is 5.73 Å². The van der Waals surface area contributed by atoms with Crippen molar-refractivity contribution in [3.8, 4) is 0 Å². The van der Waals surface area contributed by atoms with E-state index >= 15 is 0 Å². The number of nitrogens with one attached hydrogen (secondary N) is 1. The molecule has 0 amide bonds. The molecule has 1 rings (SSSR count). The zero-order valence-corrected chi connectivity index (χ0v) is 10.1. The summed E-state index contributed by atoms with van der Waals surface area (Å²) in [6.45, 7) is 6.33. The lowest BCUT2D eigenvalue weighted by Gasteiger charge is -2.08. The summed E-state index contributed by atoms with van der Waals surface area (Å²) < 4.78 is 0. The maximum absolute atomic E-state index is 5.72. The Kier molecular flexibility index (Phi) is 4.88. The number of nitrogens with two attached hydrogens (primary N) is 2. The average molecular weight is 229 g/mol. The van der Waals surface area contributed by atoms with E-state index in [4.69, 9.17) is 11.5 Å². The lowest BCUT2D eigenvalue weighted by atomic mass is 10.2. The Bertz CT molecular complexity index is 445. The molecule has 0 saturated heterocycles. The highest BCUT2D eigenvalue weighted by Gasteiger charge is 1.95. The van der Waals surface area contributed by atoms with Gasteiger partial charge in [0.2, 0.25) is 0 Å². The van der Waals surface area contributed by atoms with Gasteiger partial charge < -0.3 is 16.8 Å². The highest BCUT2D eigenvalue weighted by Crippen LogP contribution is 2.07. The number of allylic oxidation sites excluding steroid dienone is 3. The SMILES string of the molecule is C=C/C(=C\C(N)=C/C)NCc1cccc(N)c1. The first-order chi connectivity index (χ1) is 8.15. The minimum absolute atomic E-state index is 0.694. The standard InChI is InChI=1S/C14H19N3/c1-3-12(15)9-14(4-2)17-10-11-6-5-7-13(16)8-11/h3-9,17H,2,10,15-16H2,1H3/b12-3+,14-9+. The van der Waals surface area contributed by atoms with Crippen LogP contribution in [0.5, 0.6) is 0 Å². The number of benzene rings is 1. The molecule has 0 unspecified atom stereocenters. The van der Waals surface area contributed by atoms with Gasteiger partial charge in [-0.05, 0) is 36.8 Å². The molecule has 0 aromatic heterocycles. The molecular formula is C14H19N3. The Morgan fingerprint density at radius 2 is 2.24 bits per heavy atom. The molecule has 0 bridgehead atoms. The Balaban J connectivity index is 2.66. The quantitative estimate of drug-likeness (QED) is 0.536. The summed E-state index contributed by atoms with van der Waals surface area (Å²) >= 11 is 0. The van der Waals surface area contributed by atoms with Crippen molar-refractivity contribution in [1.29, 1.82) is 0 Å². The third-order valence-electron chi connectivity index (χ3n) is 2.32. The molecule has 0 atom stereocenters. The van der Waals surface area contributed by atoms with Gasteiger partial charge in [0.05, 0.1) is 0 Å². The van der Waals surface area contributed by atoms with E-state index in [1.165, 1.54) is 0 Å². The van der Waals surface area contributed by atoms with Crippen molar-refractivity contribution in [2.45, 2.75) is 13.5 Å². The van der Waals surface area contributed by atoms with E-state index in [-0.39, 0.29) is 0 Å². The van der Waals surface area contributed by atoms with Crippen molar-refractivity contribution in [2.24, 2.45) is 5.73 Å². The van der Waals surface area contributed by atoms with Crippen LogP contribution in [0, 0.1) is 0 Å². The van der Waals surface area contributed by atoms with Gasteiger partial charge in [-0.2, -0.15) is 0 Å². The zero-order valence-electron chi connectivity index (χ0n) is 10.1. The molecule has 0 heterocycles. The molecule has 5 N–H and O–H groups in total. The third-order valence-corrected chi connectivity index (χ3v) is 2.32. The van der Waals surface area contributed by atoms with Crippen LogP contribution in [0.15, 0.2) is 60.5 Å². The van der Waals surface area contributed by atoms with Crippen LogP contribution < -0.4 is 16.8 Å². The van der Waals surface area contributed by atoms with Gasteiger partial charge in [0.25, 0.3) is 0 Å². The summed E-state index contributed by atoms with van der Waals surface area (Å²) in [5.41, 5.74) is 14.9. The molecule has 0 radical (unpaired) electrons. The van der Waals surface area contributed by atoms with Gasteiger partial charge in [-0.3, -0.25) is 0 Å². The predicted octanol–water partition coefficient (Wildman–Crippen LogP) is 2.29. The Labute approximate surface area is 103 Å². The van der Waals surface area contributed by atoms with Gasteiger partial charge in [0, 0.05) is 23.6 Å². The van der Waals surface area contributed by atoms with E-state index in [2.05, 4.69) is 11.9 Å². The van der Waals surface area contributed by atoms with Crippen LogP contribution >= 0.6 is 0 Å². The lowest BCUT2D eigenvalue weighted by molar-refractivity contribution is 0.832. The van der Waals surface area contributed by atoms with E-state index < -0.39 is 0 Å². The van der Waals surface area contributed by atoms with Crippen LogP contribution in [0.2, 0.25) is 0 Å². The maximum atomic E-state index is 5.72. The van der Waals surface area contributed by atoms with Gasteiger partial charge >= 0.3 is 0 Å². The molecule has 0 aliphatic rings. The van der Waals surface area contributed by atoms with Crippen molar-refractivity contribution in [3.05, 3.63) is 66.0 Å². The second-order valence-electron chi connectivity index (χ2n) is 3.69. The van der Waals surface area contributed by atoms with Crippen LogP contribution in [0.4, 0.5) is 5.69 Å². The Morgan fingerprint density at radius 1 is 1.47 bits per heavy atom. The molecule has 0 spiro atoms. The number of rotatable bonds is 5. The van der Waals surface area contributed by atoms with Crippen molar-refractivity contribution >= 4 is 5.69 Å². The van der Waals surface area contributed by atoms with Crippen LogP contribution in [-0.4, -0.2) is 0 Å². The maximum Gasteiger partial charge on any atom is 0.0401 e. The Hall–Kier alpha value is -2.16. The van der Waals surface area contributed by atoms with E-state index in [9.17, 15) is 0 Å². The van der Waals surface area contributed by atoms with Gasteiger partial charge in [-0.25, -0.2) is 0 Å². The fourth-order valence-electron chi connectivity index (χ4n) is 1.35. The van der Waals surface area contributed by atoms with Gasteiger partial charge in [-0.1, -0.05) is 24.8 Å². The number of nitrogen functional groups attached to an aromatic ring is 1. The molecular weight excluding hydrogens is 210 g/mol. The molecule has 90 valence electrons. The second kappa shape index (κ2) is 6.43. The number of hydrogen-bond acceptors (Lipinski definition) is 3. The summed E-state index contributed by atoms with van der Waals surface area (Å²) in [6, 6.07) is 7.76. The van der Waals surface area contributed by atoms with Crippen molar-refractivity contribution in [1.82, 2.24) is 5.32 Å². The first-order valence-corrected chi connectivity index (χ1v) is 5.50. The van der Waals surface area contributed by atoms with E-state index in [0.29, 0.717) is 12.2 Å². The minimum atomic E-state index is 0.694. The first-order valence-electron chi connectivity index (χ1n) is 5.50. The number of hydrogen-bond donors (Lipinski definition) is 3. The average Bonchev–Trinajstić information content (AvgIpc) is 2.34. The zero-order chi connectivity index (χ0) is 12.7. The summed E-state index contributed by atoms with van der Waals surface area (Å²) in [4.78, 5) is 0. The molecule has 1 aromatic carbocycles. The third kappa shape index (κ3) is 4.47. The van der Waals surface area contributed by atoms with Crippen LogP contribution in [0.3, 0.4) is 0 Å².